The van der Waals surface area contributed by atoms with E-state index in [-0.39, 0.29) is 11.5 Å². The van der Waals surface area contributed by atoms with Crippen LogP contribution in [-0.2, 0) is 9.53 Å². The highest BCUT2D eigenvalue weighted by Gasteiger charge is 2.18. The Hall–Kier alpha value is -0.280. The lowest BCUT2D eigenvalue weighted by atomic mass is 10.1. The molecule has 0 saturated carbocycles. The van der Waals surface area contributed by atoms with Crippen LogP contribution in [0.5, 0.6) is 0 Å². The summed E-state index contributed by atoms with van der Waals surface area (Å²) in [5.74, 6) is 0.570. The first kappa shape index (κ1) is 13.7. The van der Waals surface area contributed by atoms with Gasteiger partial charge >= 0.3 is 0 Å². The van der Waals surface area contributed by atoms with Gasteiger partial charge in [-0.05, 0) is 27.2 Å². The Morgan fingerprint density at radius 2 is 2.14 bits per heavy atom. The van der Waals surface area contributed by atoms with Crippen molar-refractivity contribution in [3.05, 3.63) is 0 Å². The molecule has 0 bridgehead atoms. The van der Waals surface area contributed by atoms with Gasteiger partial charge in [-0.25, -0.2) is 0 Å². The quantitative estimate of drug-likeness (QED) is 0.668. The predicted molar refractivity (Wildman–Crippen MR) is 58.7 cm³/mol. The molecule has 0 saturated heterocycles. The van der Waals surface area contributed by atoms with E-state index < -0.39 is 0 Å². The molecule has 4 heteroatoms. The molecule has 0 fully saturated rings. The highest BCUT2D eigenvalue weighted by atomic mass is 35.5. The van der Waals surface area contributed by atoms with Gasteiger partial charge in [0.15, 0.2) is 0 Å². The van der Waals surface area contributed by atoms with Crippen molar-refractivity contribution in [3.63, 3.8) is 0 Å². The van der Waals surface area contributed by atoms with Crippen molar-refractivity contribution in [2.45, 2.75) is 39.2 Å². The average Bonchev–Trinajstić information content (AvgIpc) is 2.11. The predicted octanol–water partition coefficient (Wildman–Crippen LogP) is 1.94. The summed E-state index contributed by atoms with van der Waals surface area (Å²) in [7, 11) is 0. The van der Waals surface area contributed by atoms with Gasteiger partial charge in [0.2, 0.25) is 5.91 Å². The van der Waals surface area contributed by atoms with Crippen molar-refractivity contribution in [1.82, 2.24) is 5.32 Å². The van der Waals surface area contributed by atoms with E-state index in [0.717, 1.165) is 6.42 Å². The maximum atomic E-state index is 11.2. The van der Waals surface area contributed by atoms with Gasteiger partial charge in [-0.15, -0.1) is 11.6 Å². The third-order valence-electron chi connectivity index (χ3n) is 1.78. The van der Waals surface area contributed by atoms with Crippen molar-refractivity contribution < 1.29 is 9.53 Å². The molecule has 0 aliphatic carbocycles. The molecule has 1 N–H and O–H groups in total. The standard InChI is InChI=1S/C10H20ClNO2/c1-4-14-10(2,3)8-12-9(13)6-5-7-11/h4-8H2,1-3H3,(H,12,13). The first-order chi connectivity index (χ1) is 6.52. The van der Waals surface area contributed by atoms with Gasteiger partial charge in [0.1, 0.15) is 0 Å². The highest BCUT2D eigenvalue weighted by molar-refractivity contribution is 6.17. The maximum Gasteiger partial charge on any atom is 0.220 e. The van der Waals surface area contributed by atoms with Crippen molar-refractivity contribution in [2.24, 2.45) is 0 Å². The molecule has 1 amide bonds. The molecule has 84 valence electrons. The molecule has 14 heavy (non-hydrogen) atoms. The van der Waals surface area contributed by atoms with Gasteiger partial charge in [-0.3, -0.25) is 4.79 Å². The molecule has 0 aromatic carbocycles. The SMILES string of the molecule is CCOC(C)(C)CNC(=O)CCCCl. The smallest absolute Gasteiger partial charge is 0.220 e. The number of carbonyl (C=O) groups is 1. The fourth-order valence-corrected chi connectivity index (χ4v) is 1.20. The van der Waals surface area contributed by atoms with Crippen LogP contribution in [-0.4, -0.2) is 30.5 Å². The minimum atomic E-state index is -0.286. The Morgan fingerprint density at radius 1 is 1.50 bits per heavy atom. The van der Waals surface area contributed by atoms with Crippen LogP contribution in [0, 0.1) is 0 Å². The summed E-state index contributed by atoms with van der Waals surface area (Å²) >= 11 is 5.48. The summed E-state index contributed by atoms with van der Waals surface area (Å²) in [4.78, 5) is 11.2. The molecular formula is C10H20ClNO2. The van der Waals surface area contributed by atoms with Gasteiger partial charge in [0, 0.05) is 25.5 Å². The Balaban J connectivity index is 3.64. The number of nitrogens with one attached hydrogen (secondary N) is 1. The van der Waals surface area contributed by atoms with E-state index in [0.29, 0.717) is 25.5 Å². The Kier molecular flexibility index (Phi) is 6.93. The minimum absolute atomic E-state index is 0.0402. The van der Waals surface area contributed by atoms with Crippen molar-refractivity contribution in [1.29, 1.82) is 0 Å². The summed E-state index contributed by atoms with van der Waals surface area (Å²) in [6.07, 6.45) is 1.22. The Morgan fingerprint density at radius 3 is 2.64 bits per heavy atom. The van der Waals surface area contributed by atoms with Gasteiger partial charge in [-0.1, -0.05) is 0 Å². The van der Waals surface area contributed by atoms with Crippen LogP contribution in [0.15, 0.2) is 0 Å². The van der Waals surface area contributed by atoms with Crippen LogP contribution >= 0.6 is 11.6 Å². The van der Waals surface area contributed by atoms with Crippen molar-refractivity contribution >= 4 is 17.5 Å². The monoisotopic (exact) mass is 221 g/mol. The largest absolute Gasteiger partial charge is 0.374 e. The van der Waals surface area contributed by atoms with Crippen LogP contribution in [0.25, 0.3) is 0 Å². The topological polar surface area (TPSA) is 38.3 Å². The molecule has 0 aliphatic heterocycles. The molecule has 3 nitrogen and oxygen atoms in total. The normalized spacial score (nSPS) is 11.4. The number of ether oxygens (including phenoxy) is 1. The number of carbonyl (C=O) groups excluding carboxylic acids is 1. The van der Waals surface area contributed by atoms with Crippen molar-refractivity contribution in [3.8, 4) is 0 Å². The summed E-state index contributed by atoms with van der Waals surface area (Å²) in [6.45, 7) is 7.06. The molecule has 0 aromatic rings. The molecule has 0 heterocycles. The van der Waals surface area contributed by atoms with Crippen LogP contribution in [0.4, 0.5) is 0 Å². The van der Waals surface area contributed by atoms with E-state index in [1.165, 1.54) is 0 Å². The second-order valence-corrected chi connectivity index (χ2v) is 4.14. The summed E-state index contributed by atoms with van der Waals surface area (Å²) in [6, 6.07) is 0. The number of halogens is 1. The molecule has 0 rings (SSSR count). The van der Waals surface area contributed by atoms with E-state index >= 15 is 0 Å². The van der Waals surface area contributed by atoms with Crippen LogP contribution < -0.4 is 5.32 Å². The molecule has 0 unspecified atom stereocenters. The lowest BCUT2D eigenvalue weighted by Gasteiger charge is -2.24. The van der Waals surface area contributed by atoms with E-state index in [1.807, 2.05) is 20.8 Å². The number of amides is 1. The maximum absolute atomic E-state index is 11.2. The van der Waals surface area contributed by atoms with Crippen LogP contribution in [0.1, 0.15) is 33.6 Å². The highest BCUT2D eigenvalue weighted by Crippen LogP contribution is 2.06. The van der Waals surface area contributed by atoms with Crippen molar-refractivity contribution in [2.75, 3.05) is 19.0 Å². The van der Waals surface area contributed by atoms with E-state index in [1.54, 1.807) is 0 Å². The van der Waals surface area contributed by atoms with Gasteiger partial charge < -0.3 is 10.1 Å². The van der Waals surface area contributed by atoms with E-state index in [2.05, 4.69) is 5.32 Å². The number of hydrogen-bond donors (Lipinski definition) is 1. The fourth-order valence-electron chi connectivity index (χ4n) is 1.07. The zero-order valence-corrected chi connectivity index (χ0v) is 9.99. The minimum Gasteiger partial charge on any atom is -0.374 e. The van der Waals surface area contributed by atoms with E-state index in [9.17, 15) is 4.79 Å². The molecule has 0 atom stereocenters. The zero-order chi connectivity index (χ0) is 11.0. The van der Waals surface area contributed by atoms with E-state index in [4.69, 9.17) is 16.3 Å². The second kappa shape index (κ2) is 7.07. The molecule has 0 aromatic heterocycles. The van der Waals surface area contributed by atoms with Gasteiger partial charge in [0.05, 0.1) is 5.60 Å². The van der Waals surface area contributed by atoms with Crippen LogP contribution in [0.3, 0.4) is 0 Å². The zero-order valence-electron chi connectivity index (χ0n) is 9.23. The first-order valence-electron chi connectivity index (χ1n) is 4.98. The lowest BCUT2D eigenvalue weighted by molar-refractivity contribution is -0.122. The molecule has 0 aliphatic rings. The van der Waals surface area contributed by atoms with Crippen LogP contribution in [0.2, 0.25) is 0 Å². The summed E-state index contributed by atoms with van der Waals surface area (Å²) in [5.41, 5.74) is -0.286. The third kappa shape index (κ3) is 7.15. The first-order valence-corrected chi connectivity index (χ1v) is 5.52. The Labute approximate surface area is 91.2 Å². The second-order valence-electron chi connectivity index (χ2n) is 3.76. The molecule has 0 radical (unpaired) electrons. The summed E-state index contributed by atoms with van der Waals surface area (Å²) in [5, 5.41) is 2.82. The lowest BCUT2D eigenvalue weighted by Crippen LogP contribution is -2.40. The average molecular weight is 222 g/mol. The third-order valence-corrected chi connectivity index (χ3v) is 2.05. The number of rotatable bonds is 7. The van der Waals surface area contributed by atoms with Gasteiger partial charge in [-0.2, -0.15) is 0 Å². The number of alkyl halides is 1. The van der Waals surface area contributed by atoms with Gasteiger partial charge in [0.25, 0.3) is 0 Å². The summed E-state index contributed by atoms with van der Waals surface area (Å²) < 4.78 is 5.44. The number of hydrogen-bond acceptors (Lipinski definition) is 2. The molecular weight excluding hydrogens is 202 g/mol. The fraction of sp³-hybridized carbons (Fsp3) is 0.900. The molecule has 0 spiro atoms. The Bertz CT molecular complexity index is 172.